The zero-order valence-electron chi connectivity index (χ0n) is 8.92. The van der Waals surface area contributed by atoms with E-state index in [9.17, 15) is 9.18 Å². The molecule has 0 atom stereocenters. The van der Waals surface area contributed by atoms with Gasteiger partial charge in [-0.2, -0.15) is 0 Å². The molecule has 2 heterocycles. The number of ether oxygens (including phenoxy) is 1. The Morgan fingerprint density at radius 2 is 2.24 bits per heavy atom. The Labute approximate surface area is 96.3 Å². The highest BCUT2D eigenvalue weighted by Crippen LogP contribution is 2.13. The van der Waals surface area contributed by atoms with Gasteiger partial charge in [-0.05, 0) is 6.07 Å². The molecule has 0 bridgehead atoms. The van der Waals surface area contributed by atoms with E-state index < -0.39 is 11.6 Å². The summed E-state index contributed by atoms with van der Waals surface area (Å²) in [5, 5.41) is 0. The number of pyridine rings is 1. The Kier molecular flexibility index (Phi) is 3.04. The van der Waals surface area contributed by atoms with E-state index >= 15 is 0 Å². The fourth-order valence-electron chi connectivity index (χ4n) is 1.27. The minimum Gasteiger partial charge on any atom is -0.481 e. The average molecular weight is 233 g/mol. The molecular weight excluding hydrogens is 225 g/mol. The molecule has 0 saturated carbocycles. The quantitative estimate of drug-likeness (QED) is 0.746. The van der Waals surface area contributed by atoms with Crippen LogP contribution in [0.1, 0.15) is 16.1 Å². The van der Waals surface area contributed by atoms with Gasteiger partial charge in [-0.15, -0.1) is 0 Å². The molecule has 0 fully saturated rings. The Morgan fingerprint density at radius 3 is 2.94 bits per heavy atom. The van der Waals surface area contributed by atoms with Crippen molar-refractivity contribution in [3.63, 3.8) is 0 Å². The van der Waals surface area contributed by atoms with Gasteiger partial charge in [0.2, 0.25) is 11.7 Å². The third kappa shape index (κ3) is 2.25. The van der Waals surface area contributed by atoms with Gasteiger partial charge in [-0.25, -0.2) is 14.4 Å². The van der Waals surface area contributed by atoms with Crippen LogP contribution in [0.15, 0.2) is 30.9 Å². The lowest BCUT2D eigenvalue weighted by Crippen LogP contribution is -2.07. The van der Waals surface area contributed by atoms with Crippen molar-refractivity contribution >= 4 is 5.78 Å². The van der Waals surface area contributed by atoms with Crippen molar-refractivity contribution in [1.29, 1.82) is 0 Å². The summed E-state index contributed by atoms with van der Waals surface area (Å²) in [6.07, 6.45) is 3.51. The third-order valence-corrected chi connectivity index (χ3v) is 2.10. The van der Waals surface area contributed by atoms with Crippen molar-refractivity contribution in [2.45, 2.75) is 0 Å². The number of rotatable bonds is 3. The van der Waals surface area contributed by atoms with E-state index in [2.05, 4.69) is 15.0 Å². The van der Waals surface area contributed by atoms with Crippen LogP contribution in [0, 0.1) is 5.82 Å². The summed E-state index contributed by atoms with van der Waals surface area (Å²) in [5.74, 6) is -0.974. The van der Waals surface area contributed by atoms with Crippen LogP contribution in [0.5, 0.6) is 5.88 Å². The topological polar surface area (TPSA) is 65.0 Å². The number of hydrogen-bond donors (Lipinski definition) is 0. The maximum atomic E-state index is 13.4. The summed E-state index contributed by atoms with van der Waals surface area (Å²) in [7, 11) is 1.42. The van der Waals surface area contributed by atoms with Crippen LogP contribution in [0.4, 0.5) is 4.39 Å². The lowest BCUT2D eigenvalue weighted by atomic mass is 10.1. The lowest BCUT2D eigenvalue weighted by Gasteiger charge is -2.02. The summed E-state index contributed by atoms with van der Waals surface area (Å²) < 4.78 is 18.2. The monoisotopic (exact) mass is 233 g/mol. The first kappa shape index (κ1) is 11.1. The first-order chi connectivity index (χ1) is 8.22. The number of methoxy groups -OCH3 is 1. The average Bonchev–Trinajstić information content (AvgIpc) is 2.38. The number of carbonyl (C=O) groups is 1. The minimum atomic E-state index is -0.685. The molecule has 86 valence electrons. The lowest BCUT2D eigenvalue weighted by molar-refractivity contribution is 0.102. The summed E-state index contributed by atoms with van der Waals surface area (Å²) in [4.78, 5) is 23.0. The molecule has 17 heavy (non-hydrogen) atoms. The van der Waals surface area contributed by atoms with E-state index in [1.807, 2.05) is 0 Å². The molecule has 0 aliphatic carbocycles. The zero-order chi connectivity index (χ0) is 12.3. The van der Waals surface area contributed by atoms with E-state index in [4.69, 9.17) is 4.74 Å². The van der Waals surface area contributed by atoms with Crippen molar-refractivity contribution in [2.24, 2.45) is 0 Å². The second-order valence-corrected chi connectivity index (χ2v) is 3.13. The van der Waals surface area contributed by atoms with E-state index in [1.165, 1.54) is 31.8 Å². The van der Waals surface area contributed by atoms with Gasteiger partial charge in [0.1, 0.15) is 12.0 Å². The molecule has 0 saturated heterocycles. The Balaban J connectivity index is 2.40. The Hall–Kier alpha value is -2.37. The molecule has 0 spiro atoms. The van der Waals surface area contributed by atoms with Crippen LogP contribution in [-0.4, -0.2) is 27.8 Å². The predicted octanol–water partition coefficient (Wildman–Crippen LogP) is 1.25. The highest BCUT2D eigenvalue weighted by molar-refractivity contribution is 6.07. The molecule has 0 radical (unpaired) electrons. The number of nitrogens with zero attached hydrogens (tertiary/aromatic N) is 3. The smallest absolute Gasteiger partial charge is 0.216 e. The van der Waals surface area contributed by atoms with Gasteiger partial charge in [0, 0.05) is 12.3 Å². The SMILES string of the molecule is COc1cc(C(=O)c2ccncc2F)ncn1. The maximum absolute atomic E-state index is 13.4. The molecule has 0 aliphatic heterocycles. The van der Waals surface area contributed by atoms with Crippen molar-refractivity contribution in [3.8, 4) is 5.88 Å². The molecule has 0 N–H and O–H groups in total. The normalized spacial score (nSPS) is 10.0. The van der Waals surface area contributed by atoms with Gasteiger partial charge in [-0.1, -0.05) is 0 Å². The van der Waals surface area contributed by atoms with Crippen LogP contribution in [0.25, 0.3) is 0 Å². The fraction of sp³-hybridized carbons (Fsp3) is 0.0909. The number of ketones is 1. The molecule has 2 rings (SSSR count). The van der Waals surface area contributed by atoms with Crippen LogP contribution in [-0.2, 0) is 0 Å². The summed E-state index contributed by atoms with van der Waals surface area (Å²) in [6.45, 7) is 0. The van der Waals surface area contributed by atoms with Crippen molar-refractivity contribution in [1.82, 2.24) is 15.0 Å². The first-order valence-electron chi connectivity index (χ1n) is 4.72. The van der Waals surface area contributed by atoms with Gasteiger partial charge >= 0.3 is 0 Å². The second kappa shape index (κ2) is 4.65. The molecule has 6 heteroatoms. The van der Waals surface area contributed by atoms with Crippen molar-refractivity contribution in [3.05, 3.63) is 47.9 Å². The van der Waals surface area contributed by atoms with Gasteiger partial charge in [-0.3, -0.25) is 9.78 Å². The van der Waals surface area contributed by atoms with Crippen LogP contribution < -0.4 is 4.74 Å². The van der Waals surface area contributed by atoms with E-state index in [0.29, 0.717) is 0 Å². The summed E-state index contributed by atoms with van der Waals surface area (Å²) in [6, 6.07) is 2.65. The van der Waals surface area contributed by atoms with Crippen LogP contribution >= 0.6 is 0 Å². The van der Waals surface area contributed by atoms with Crippen LogP contribution in [0.2, 0.25) is 0 Å². The van der Waals surface area contributed by atoms with Crippen LogP contribution in [0.3, 0.4) is 0 Å². The van der Waals surface area contributed by atoms with E-state index in [1.54, 1.807) is 0 Å². The zero-order valence-corrected chi connectivity index (χ0v) is 8.92. The third-order valence-electron chi connectivity index (χ3n) is 2.10. The Morgan fingerprint density at radius 1 is 1.41 bits per heavy atom. The number of halogens is 1. The predicted molar refractivity (Wildman–Crippen MR) is 56.2 cm³/mol. The largest absolute Gasteiger partial charge is 0.481 e. The van der Waals surface area contributed by atoms with Crippen molar-refractivity contribution < 1.29 is 13.9 Å². The number of aromatic nitrogens is 3. The second-order valence-electron chi connectivity index (χ2n) is 3.13. The molecule has 0 aromatic carbocycles. The first-order valence-corrected chi connectivity index (χ1v) is 4.72. The van der Waals surface area contributed by atoms with E-state index in [0.717, 1.165) is 6.20 Å². The highest BCUT2D eigenvalue weighted by atomic mass is 19.1. The molecule has 0 aliphatic rings. The van der Waals surface area contributed by atoms with Gasteiger partial charge < -0.3 is 4.74 Å². The highest BCUT2D eigenvalue weighted by Gasteiger charge is 2.15. The molecule has 2 aromatic heterocycles. The number of carbonyl (C=O) groups excluding carboxylic acids is 1. The standard InChI is InChI=1S/C11H8FN3O2/c1-17-10-4-9(14-6-15-10)11(16)7-2-3-13-5-8(7)12/h2-6H,1H3. The van der Waals surface area contributed by atoms with E-state index in [-0.39, 0.29) is 17.1 Å². The van der Waals surface area contributed by atoms with Crippen molar-refractivity contribution in [2.75, 3.05) is 7.11 Å². The number of hydrogen-bond acceptors (Lipinski definition) is 5. The maximum Gasteiger partial charge on any atom is 0.216 e. The minimum absolute atomic E-state index is 0.0713. The van der Waals surface area contributed by atoms with Gasteiger partial charge in [0.05, 0.1) is 18.9 Å². The summed E-state index contributed by atoms with van der Waals surface area (Å²) in [5.41, 5.74) is -0.0114. The molecule has 2 aromatic rings. The summed E-state index contributed by atoms with van der Waals surface area (Å²) >= 11 is 0. The fourth-order valence-corrected chi connectivity index (χ4v) is 1.27. The van der Waals surface area contributed by atoms with Gasteiger partial charge in [0.15, 0.2) is 5.82 Å². The molecular formula is C11H8FN3O2. The molecule has 0 unspecified atom stereocenters. The molecule has 0 amide bonds. The molecule has 5 nitrogen and oxygen atoms in total. The Bertz CT molecular complexity index is 560. The van der Waals surface area contributed by atoms with Gasteiger partial charge in [0.25, 0.3) is 0 Å².